The van der Waals surface area contributed by atoms with E-state index < -0.39 is 0 Å². The van der Waals surface area contributed by atoms with Crippen LogP contribution in [0.3, 0.4) is 0 Å². The lowest BCUT2D eigenvalue weighted by Gasteiger charge is -2.10. The maximum Gasteiger partial charge on any atom is 0.184 e. The Bertz CT molecular complexity index is 936. The molecule has 0 saturated heterocycles. The van der Waals surface area contributed by atoms with Crippen LogP contribution in [0.5, 0.6) is 0 Å². The van der Waals surface area contributed by atoms with Gasteiger partial charge in [0.15, 0.2) is 22.8 Å². The number of hydrogen-bond donors (Lipinski definition) is 1. The summed E-state index contributed by atoms with van der Waals surface area (Å²) in [7, 11) is 0. The van der Waals surface area contributed by atoms with Crippen LogP contribution in [0.4, 0.5) is 11.5 Å². The molecular weight excluding hydrogens is 324 g/mol. The van der Waals surface area contributed by atoms with Gasteiger partial charge in [-0.1, -0.05) is 36.9 Å². The van der Waals surface area contributed by atoms with Gasteiger partial charge in [-0.3, -0.25) is 4.98 Å². The van der Waals surface area contributed by atoms with Crippen molar-refractivity contribution in [2.24, 2.45) is 0 Å². The fourth-order valence-corrected chi connectivity index (χ4v) is 2.19. The van der Waals surface area contributed by atoms with E-state index in [0.717, 1.165) is 5.69 Å². The molecule has 118 valence electrons. The highest BCUT2D eigenvalue weighted by atomic mass is 35.5. The van der Waals surface area contributed by atoms with Crippen molar-refractivity contribution in [3.05, 3.63) is 73.1 Å². The number of allylic oxidation sites excluding steroid dienone is 4. The number of pyridine rings is 1. The molecule has 0 aliphatic carbocycles. The van der Waals surface area contributed by atoms with Crippen LogP contribution in [0.25, 0.3) is 16.7 Å². The molecule has 0 fully saturated rings. The van der Waals surface area contributed by atoms with Gasteiger partial charge in [-0.25, -0.2) is 19.9 Å². The van der Waals surface area contributed by atoms with Gasteiger partial charge in [0.25, 0.3) is 0 Å². The van der Waals surface area contributed by atoms with Crippen molar-refractivity contribution in [3.8, 4) is 0 Å². The van der Waals surface area contributed by atoms with Crippen LogP contribution in [0.2, 0.25) is 0 Å². The second-order valence-corrected chi connectivity index (χ2v) is 5.16. The molecule has 0 atom stereocenters. The lowest BCUT2D eigenvalue weighted by Crippen LogP contribution is -2.04. The van der Waals surface area contributed by atoms with Gasteiger partial charge in [0.2, 0.25) is 0 Å². The smallest absolute Gasteiger partial charge is 0.184 e. The van der Waals surface area contributed by atoms with Crippen LogP contribution in [0, 0.1) is 0 Å². The van der Waals surface area contributed by atoms with E-state index >= 15 is 0 Å². The molecule has 0 amide bonds. The number of aromatic nitrogens is 5. The number of anilines is 2. The lowest BCUT2D eigenvalue weighted by atomic mass is 10.2. The summed E-state index contributed by atoms with van der Waals surface area (Å²) in [4.78, 5) is 21.5. The Balaban J connectivity index is 2.18. The fourth-order valence-electron chi connectivity index (χ4n) is 2.05. The summed E-state index contributed by atoms with van der Waals surface area (Å²) in [5, 5.41) is 3.52. The lowest BCUT2D eigenvalue weighted by molar-refractivity contribution is 1.11. The van der Waals surface area contributed by atoms with Crippen LogP contribution in [-0.4, -0.2) is 24.9 Å². The normalized spacial score (nSPS) is 11.3. The van der Waals surface area contributed by atoms with E-state index in [9.17, 15) is 0 Å². The Labute approximate surface area is 143 Å². The summed E-state index contributed by atoms with van der Waals surface area (Å²) in [6.45, 7) is 7.43. The van der Waals surface area contributed by atoms with Crippen molar-refractivity contribution in [1.29, 1.82) is 0 Å². The van der Waals surface area contributed by atoms with Crippen LogP contribution in [0.15, 0.2) is 67.3 Å². The molecule has 0 aromatic carbocycles. The molecule has 0 saturated carbocycles. The molecule has 1 N–H and O–H groups in total. The average molecular weight is 337 g/mol. The topological polar surface area (TPSA) is 76.5 Å². The van der Waals surface area contributed by atoms with E-state index in [1.54, 1.807) is 36.9 Å². The Morgan fingerprint density at radius 1 is 1.08 bits per heavy atom. The molecule has 3 heterocycles. The number of halogens is 1. The fraction of sp³-hybridized carbons (Fsp3) is 0. The highest BCUT2D eigenvalue weighted by Crippen LogP contribution is 2.27. The minimum atomic E-state index is 0.313. The van der Waals surface area contributed by atoms with Crippen molar-refractivity contribution in [1.82, 2.24) is 24.9 Å². The highest BCUT2D eigenvalue weighted by molar-refractivity contribution is 6.36. The Kier molecular flexibility index (Phi) is 4.58. The zero-order chi connectivity index (χ0) is 16.9. The molecule has 3 aromatic heterocycles. The standard InChI is InChI=1S/C17H13ClN6/c1-3-4-13(11(2)18)15-23-16-14(20-9-10-21-16)17(24-15)22-12-5-7-19-8-6-12/h3-10H,1-2H2,(H,19,21,22,23,24)/b13-4+. The number of fused-ring (bicyclic) bond motifs is 1. The molecule has 0 aliphatic heterocycles. The van der Waals surface area contributed by atoms with E-state index in [0.29, 0.717) is 33.4 Å². The van der Waals surface area contributed by atoms with Gasteiger partial charge < -0.3 is 5.32 Å². The monoisotopic (exact) mass is 336 g/mol. The van der Waals surface area contributed by atoms with Crippen LogP contribution in [-0.2, 0) is 0 Å². The van der Waals surface area contributed by atoms with Gasteiger partial charge in [-0.2, -0.15) is 0 Å². The third-order valence-electron chi connectivity index (χ3n) is 3.09. The summed E-state index contributed by atoms with van der Waals surface area (Å²) in [5.74, 6) is 0.904. The summed E-state index contributed by atoms with van der Waals surface area (Å²) >= 11 is 6.07. The minimum Gasteiger partial charge on any atom is -0.338 e. The first-order valence-electron chi connectivity index (χ1n) is 7.02. The molecule has 3 rings (SSSR count). The maximum absolute atomic E-state index is 6.07. The molecule has 0 bridgehead atoms. The van der Waals surface area contributed by atoms with Crippen LogP contribution >= 0.6 is 11.6 Å². The summed E-state index contributed by atoms with van der Waals surface area (Å²) in [6.07, 6.45) is 9.82. The summed E-state index contributed by atoms with van der Waals surface area (Å²) in [5.41, 5.74) is 2.39. The maximum atomic E-state index is 6.07. The second-order valence-electron chi connectivity index (χ2n) is 4.71. The SMILES string of the molecule is C=C/C=C(\C(=C)Cl)c1nc(Nc2ccncc2)c2nccnc2n1. The third-order valence-corrected chi connectivity index (χ3v) is 3.30. The van der Waals surface area contributed by atoms with Crippen LogP contribution < -0.4 is 5.32 Å². The predicted octanol–water partition coefficient (Wildman–Crippen LogP) is 3.88. The average Bonchev–Trinajstić information content (AvgIpc) is 2.60. The van der Waals surface area contributed by atoms with Gasteiger partial charge in [0, 0.05) is 41.1 Å². The zero-order valence-corrected chi connectivity index (χ0v) is 13.4. The van der Waals surface area contributed by atoms with Gasteiger partial charge >= 0.3 is 0 Å². The molecular formula is C17H13ClN6. The van der Waals surface area contributed by atoms with E-state index in [1.165, 1.54) is 0 Å². The van der Waals surface area contributed by atoms with Gasteiger partial charge in [-0.15, -0.1) is 0 Å². The van der Waals surface area contributed by atoms with E-state index in [2.05, 4.69) is 43.4 Å². The number of nitrogens with zero attached hydrogens (tertiary/aromatic N) is 5. The van der Waals surface area contributed by atoms with Gasteiger partial charge in [0.1, 0.15) is 0 Å². The molecule has 0 radical (unpaired) electrons. The van der Waals surface area contributed by atoms with Crippen molar-refractivity contribution in [2.45, 2.75) is 0 Å². The minimum absolute atomic E-state index is 0.313. The van der Waals surface area contributed by atoms with E-state index in [1.807, 2.05) is 12.1 Å². The van der Waals surface area contributed by atoms with Gasteiger partial charge in [-0.05, 0) is 12.1 Å². The molecule has 0 aliphatic rings. The number of nitrogens with one attached hydrogen (secondary N) is 1. The molecule has 6 nitrogen and oxygen atoms in total. The molecule has 3 aromatic rings. The van der Waals surface area contributed by atoms with Crippen molar-refractivity contribution < 1.29 is 0 Å². The van der Waals surface area contributed by atoms with Crippen molar-refractivity contribution in [3.63, 3.8) is 0 Å². The van der Waals surface area contributed by atoms with E-state index in [-0.39, 0.29) is 0 Å². The number of hydrogen-bond acceptors (Lipinski definition) is 6. The van der Waals surface area contributed by atoms with Crippen LogP contribution in [0.1, 0.15) is 5.82 Å². The quantitative estimate of drug-likeness (QED) is 0.712. The Morgan fingerprint density at radius 3 is 2.54 bits per heavy atom. The first kappa shape index (κ1) is 15.8. The first-order chi connectivity index (χ1) is 11.7. The molecule has 0 unspecified atom stereocenters. The Morgan fingerprint density at radius 2 is 1.83 bits per heavy atom. The predicted molar refractivity (Wildman–Crippen MR) is 95.8 cm³/mol. The molecule has 0 spiro atoms. The largest absolute Gasteiger partial charge is 0.338 e. The second kappa shape index (κ2) is 6.97. The third kappa shape index (κ3) is 3.28. The van der Waals surface area contributed by atoms with Crippen molar-refractivity contribution in [2.75, 3.05) is 5.32 Å². The summed E-state index contributed by atoms with van der Waals surface area (Å²) < 4.78 is 0. The molecule has 7 heteroatoms. The zero-order valence-electron chi connectivity index (χ0n) is 12.6. The first-order valence-corrected chi connectivity index (χ1v) is 7.40. The van der Waals surface area contributed by atoms with Crippen molar-refractivity contribution >= 4 is 39.8 Å². The van der Waals surface area contributed by atoms with Gasteiger partial charge in [0.05, 0.1) is 0 Å². The van der Waals surface area contributed by atoms with E-state index in [4.69, 9.17) is 11.6 Å². The molecule has 24 heavy (non-hydrogen) atoms. The highest BCUT2D eigenvalue weighted by Gasteiger charge is 2.14. The summed E-state index contributed by atoms with van der Waals surface area (Å²) in [6, 6.07) is 3.65. The number of rotatable bonds is 5. The Hall–Kier alpha value is -3.12.